The molecular weight excluding hydrogens is 454 g/mol. The Morgan fingerprint density at radius 3 is 2.53 bits per heavy atom. The summed E-state index contributed by atoms with van der Waals surface area (Å²) in [6.07, 6.45) is 6.11. The largest absolute Gasteiger partial charge is 0.454 e. The molecule has 192 valence electrons. The molecule has 0 bridgehead atoms. The molecule has 2 aliphatic heterocycles. The Morgan fingerprint density at radius 1 is 1.00 bits per heavy atom. The molecule has 2 unspecified atom stereocenters. The highest BCUT2D eigenvalue weighted by Gasteiger charge is 2.55. The Labute approximate surface area is 213 Å². The number of hydrogen-bond donors (Lipinski definition) is 3. The lowest BCUT2D eigenvalue weighted by Gasteiger charge is -2.37. The molecule has 2 heterocycles. The predicted octanol–water partition coefficient (Wildman–Crippen LogP) is 3.02. The zero-order valence-corrected chi connectivity index (χ0v) is 20.8. The van der Waals surface area contributed by atoms with Crippen molar-refractivity contribution in [3.8, 4) is 11.5 Å². The standard InChI is InChI=1S/C29H37N3O4/c33-28(29(34,21-7-3-1-4-8-21)22-9-5-2-6-10-22)31-18-30-27-23-16-32(17-24(23)27)14-13-20-11-12-25-26(15-20)36-19-35-25/h1,3-4,7-8,11-12,15,22-24,27,30,34H,2,5-6,9-10,13-14,16-19H2,(H,31,33)/t23-,24+,27?,29?. The van der Waals surface area contributed by atoms with Gasteiger partial charge in [-0.1, -0.05) is 55.7 Å². The number of carbonyl (C=O) groups is 1. The number of nitrogens with one attached hydrogen (secondary N) is 2. The maximum atomic E-state index is 13.3. The molecule has 1 amide bonds. The molecule has 0 spiro atoms. The van der Waals surface area contributed by atoms with Gasteiger partial charge in [-0.3, -0.25) is 10.1 Å². The van der Waals surface area contributed by atoms with Gasteiger partial charge in [0.2, 0.25) is 6.79 Å². The second-order valence-electron chi connectivity index (χ2n) is 10.9. The highest BCUT2D eigenvalue weighted by molar-refractivity contribution is 5.86. The van der Waals surface area contributed by atoms with E-state index in [1.807, 2.05) is 36.4 Å². The monoisotopic (exact) mass is 491 g/mol. The Hall–Kier alpha value is -2.61. The van der Waals surface area contributed by atoms with Crippen molar-refractivity contribution < 1.29 is 19.4 Å². The summed E-state index contributed by atoms with van der Waals surface area (Å²) in [6.45, 7) is 3.94. The summed E-state index contributed by atoms with van der Waals surface area (Å²) in [5.74, 6) is 2.67. The van der Waals surface area contributed by atoms with E-state index >= 15 is 0 Å². The summed E-state index contributed by atoms with van der Waals surface area (Å²) in [5.41, 5.74) is 0.519. The fraction of sp³-hybridized carbons (Fsp3) is 0.552. The van der Waals surface area contributed by atoms with Crippen LogP contribution in [0.5, 0.6) is 11.5 Å². The van der Waals surface area contributed by atoms with Gasteiger partial charge in [0.1, 0.15) is 0 Å². The van der Waals surface area contributed by atoms with Gasteiger partial charge < -0.3 is 24.8 Å². The topological polar surface area (TPSA) is 83.1 Å². The molecule has 2 aliphatic carbocycles. The smallest absolute Gasteiger partial charge is 0.257 e. The molecule has 4 atom stereocenters. The van der Waals surface area contributed by atoms with Crippen LogP contribution in [0.2, 0.25) is 0 Å². The van der Waals surface area contributed by atoms with Gasteiger partial charge in [-0.2, -0.15) is 0 Å². The highest BCUT2D eigenvalue weighted by atomic mass is 16.7. The van der Waals surface area contributed by atoms with E-state index in [0.717, 1.165) is 63.2 Å². The summed E-state index contributed by atoms with van der Waals surface area (Å²) in [5, 5.41) is 18.3. The van der Waals surface area contributed by atoms with Crippen molar-refractivity contribution in [2.24, 2.45) is 17.8 Å². The van der Waals surface area contributed by atoms with Crippen LogP contribution < -0.4 is 20.1 Å². The molecule has 1 saturated heterocycles. The second-order valence-corrected chi connectivity index (χ2v) is 10.9. The van der Waals surface area contributed by atoms with Gasteiger partial charge in [-0.15, -0.1) is 0 Å². The first-order chi connectivity index (χ1) is 17.6. The predicted molar refractivity (Wildman–Crippen MR) is 137 cm³/mol. The number of rotatable bonds is 9. The molecule has 3 fully saturated rings. The number of amides is 1. The van der Waals surface area contributed by atoms with E-state index < -0.39 is 5.60 Å². The molecule has 36 heavy (non-hydrogen) atoms. The average molecular weight is 492 g/mol. The minimum absolute atomic E-state index is 0.0349. The molecule has 2 aromatic rings. The first-order valence-corrected chi connectivity index (χ1v) is 13.5. The Kier molecular flexibility index (Phi) is 6.63. The normalized spacial score (nSPS) is 26.9. The van der Waals surface area contributed by atoms with E-state index in [1.165, 1.54) is 12.0 Å². The zero-order chi connectivity index (χ0) is 24.5. The zero-order valence-electron chi connectivity index (χ0n) is 20.8. The van der Waals surface area contributed by atoms with E-state index in [0.29, 0.717) is 36.9 Å². The maximum Gasteiger partial charge on any atom is 0.257 e. The third kappa shape index (κ3) is 4.60. The summed E-state index contributed by atoms with van der Waals surface area (Å²) in [6, 6.07) is 16.2. The first kappa shape index (κ1) is 23.8. The fourth-order valence-electron chi connectivity index (χ4n) is 6.63. The maximum absolute atomic E-state index is 13.3. The molecule has 2 saturated carbocycles. The number of likely N-dealkylation sites (tertiary alicyclic amines) is 1. The van der Waals surface area contributed by atoms with E-state index in [4.69, 9.17) is 9.47 Å². The van der Waals surface area contributed by atoms with Crippen LogP contribution in [0.1, 0.15) is 43.2 Å². The Bertz CT molecular complexity index is 1060. The minimum atomic E-state index is -1.46. The van der Waals surface area contributed by atoms with Crippen molar-refractivity contribution in [1.82, 2.24) is 15.5 Å². The molecule has 7 nitrogen and oxygen atoms in total. The van der Waals surface area contributed by atoms with Gasteiger partial charge in [0.05, 0.1) is 6.67 Å². The van der Waals surface area contributed by atoms with Crippen molar-refractivity contribution in [3.05, 3.63) is 59.7 Å². The number of fused-ring (bicyclic) bond motifs is 2. The lowest BCUT2D eigenvalue weighted by Crippen LogP contribution is -2.52. The van der Waals surface area contributed by atoms with Crippen LogP contribution in [0.4, 0.5) is 0 Å². The van der Waals surface area contributed by atoms with Crippen molar-refractivity contribution in [2.45, 2.75) is 50.2 Å². The van der Waals surface area contributed by atoms with E-state index in [1.54, 1.807) is 0 Å². The van der Waals surface area contributed by atoms with Crippen molar-refractivity contribution in [1.29, 1.82) is 0 Å². The quantitative estimate of drug-likeness (QED) is 0.468. The molecule has 6 rings (SSSR count). The van der Waals surface area contributed by atoms with E-state index in [2.05, 4.69) is 27.7 Å². The number of hydrogen-bond acceptors (Lipinski definition) is 6. The summed E-state index contributed by atoms with van der Waals surface area (Å²) < 4.78 is 10.9. The van der Waals surface area contributed by atoms with Gasteiger partial charge in [0.15, 0.2) is 17.1 Å². The molecular formula is C29H37N3O4. The molecule has 0 radical (unpaired) electrons. The lowest BCUT2D eigenvalue weighted by atomic mass is 9.73. The van der Waals surface area contributed by atoms with Gasteiger partial charge in [-0.05, 0) is 54.4 Å². The van der Waals surface area contributed by atoms with Gasteiger partial charge >= 0.3 is 0 Å². The van der Waals surface area contributed by atoms with Gasteiger partial charge in [0.25, 0.3) is 5.91 Å². The van der Waals surface area contributed by atoms with Crippen molar-refractivity contribution >= 4 is 5.91 Å². The van der Waals surface area contributed by atoms with Crippen LogP contribution in [0.15, 0.2) is 48.5 Å². The lowest BCUT2D eigenvalue weighted by molar-refractivity contribution is -0.149. The van der Waals surface area contributed by atoms with Crippen LogP contribution in [0.3, 0.4) is 0 Å². The summed E-state index contributed by atoms with van der Waals surface area (Å²) in [4.78, 5) is 15.9. The number of nitrogens with zero attached hydrogens (tertiary/aromatic N) is 1. The van der Waals surface area contributed by atoms with Crippen molar-refractivity contribution in [2.75, 3.05) is 33.1 Å². The minimum Gasteiger partial charge on any atom is -0.454 e. The third-order valence-corrected chi connectivity index (χ3v) is 8.77. The van der Waals surface area contributed by atoms with E-state index in [-0.39, 0.29) is 11.8 Å². The van der Waals surface area contributed by atoms with Crippen LogP contribution in [0, 0.1) is 17.8 Å². The average Bonchev–Trinajstić information content (AvgIpc) is 3.26. The van der Waals surface area contributed by atoms with E-state index in [9.17, 15) is 9.90 Å². The molecule has 0 aromatic heterocycles. The van der Waals surface area contributed by atoms with Crippen LogP contribution in [0.25, 0.3) is 0 Å². The van der Waals surface area contributed by atoms with Crippen LogP contribution in [-0.2, 0) is 16.8 Å². The summed E-state index contributed by atoms with van der Waals surface area (Å²) in [7, 11) is 0. The molecule has 7 heteroatoms. The third-order valence-electron chi connectivity index (χ3n) is 8.77. The number of carbonyl (C=O) groups excluding carboxylic acids is 1. The Balaban J connectivity index is 0.967. The fourth-order valence-corrected chi connectivity index (χ4v) is 6.63. The number of piperidine rings is 1. The number of ether oxygens (including phenoxy) is 2. The molecule has 3 N–H and O–H groups in total. The van der Waals surface area contributed by atoms with Gasteiger partial charge in [-0.25, -0.2) is 0 Å². The van der Waals surface area contributed by atoms with Crippen LogP contribution in [-0.4, -0.2) is 55.1 Å². The first-order valence-electron chi connectivity index (χ1n) is 13.5. The van der Waals surface area contributed by atoms with Crippen molar-refractivity contribution in [3.63, 3.8) is 0 Å². The summed E-state index contributed by atoms with van der Waals surface area (Å²) >= 11 is 0. The number of aliphatic hydroxyl groups is 1. The SMILES string of the molecule is O=C(NCNC1[C@H]2CN(CCc3ccc4c(c3)OCO4)C[C@@H]12)C(O)(c1ccccc1)C1CCCCC1. The number of benzene rings is 2. The van der Waals surface area contributed by atoms with Crippen LogP contribution >= 0.6 is 0 Å². The highest BCUT2D eigenvalue weighted by Crippen LogP contribution is 2.45. The molecule has 4 aliphatic rings. The van der Waals surface area contributed by atoms with Gasteiger partial charge in [0, 0.05) is 31.6 Å². The Morgan fingerprint density at radius 2 is 1.75 bits per heavy atom. The molecule has 2 aromatic carbocycles. The second kappa shape index (κ2) is 10.0.